The average molecular weight is 373 g/mol. The summed E-state index contributed by atoms with van der Waals surface area (Å²) in [6.45, 7) is -0.00324. The maximum atomic E-state index is 12.7. The molecule has 140 valence electrons. The zero-order valence-corrected chi connectivity index (χ0v) is 15.0. The van der Waals surface area contributed by atoms with Crippen LogP contribution >= 0.6 is 0 Å². The maximum Gasteiger partial charge on any atom is 0.182 e. The molecule has 3 N–H and O–H groups in total. The van der Waals surface area contributed by atoms with Crippen LogP contribution in [-0.2, 0) is 13.2 Å². The largest absolute Gasteiger partial charge is 0.508 e. The van der Waals surface area contributed by atoms with Crippen LogP contribution in [0.4, 0.5) is 0 Å². The van der Waals surface area contributed by atoms with Crippen molar-refractivity contribution in [2.24, 2.45) is 0 Å². The number of phenolic OH excluding ortho intramolecular Hbond substituents is 2. The lowest BCUT2D eigenvalue weighted by molar-refractivity contribution is 0.0973. The number of rotatable bonds is 5. The van der Waals surface area contributed by atoms with E-state index in [-0.39, 0.29) is 30.4 Å². The monoisotopic (exact) mass is 373 g/mol. The van der Waals surface area contributed by atoms with E-state index in [1.165, 1.54) is 12.1 Å². The summed E-state index contributed by atoms with van der Waals surface area (Å²) in [5.41, 5.74) is 3.72. The first-order valence-electron chi connectivity index (χ1n) is 8.89. The van der Waals surface area contributed by atoms with Crippen LogP contribution in [0.2, 0.25) is 0 Å². The maximum absolute atomic E-state index is 12.7. The minimum Gasteiger partial charge on any atom is -0.508 e. The number of carbonyl (C=O) groups is 1. The molecule has 0 atom stereocenters. The van der Waals surface area contributed by atoms with E-state index in [4.69, 9.17) is 0 Å². The van der Waals surface area contributed by atoms with Gasteiger partial charge in [0.2, 0.25) is 0 Å². The number of ketones is 1. The minimum atomic E-state index is -0.135. The van der Waals surface area contributed by atoms with Crippen LogP contribution in [0.25, 0.3) is 22.0 Å². The summed E-state index contributed by atoms with van der Waals surface area (Å²) in [7, 11) is 0. The van der Waals surface area contributed by atoms with Gasteiger partial charge in [-0.05, 0) is 41.5 Å². The lowest BCUT2D eigenvalue weighted by Crippen LogP contribution is -2.09. The van der Waals surface area contributed by atoms with Gasteiger partial charge in [-0.15, -0.1) is 0 Å². The van der Waals surface area contributed by atoms with E-state index in [9.17, 15) is 20.1 Å². The van der Waals surface area contributed by atoms with E-state index in [0.717, 1.165) is 27.6 Å². The van der Waals surface area contributed by atoms with Gasteiger partial charge in [-0.3, -0.25) is 4.79 Å². The third-order valence-corrected chi connectivity index (χ3v) is 4.77. The van der Waals surface area contributed by atoms with Gasteiger partial charge in [0, 0.05) is 28.2 Å². The molecule has 1 aromatic heterocycles. The smallest absolute Gasteiger partial charge is 0.182 e. The molecule has 4 aromatic rings. The van der Waals surface area contributed by atoms with E-state index in [0.29, 0.717) is 5.56 Å². The predicted molar refractivity (Wildman–Crippen MR) is 107 cm³/mol. The predicted octanol–water partition coefficient (Wildman–Crippen LogP) is 4.09. The number of aromatic nitrogens is 1. The van der Waals surface area contributed by atoms with Crippen molar-refractivity contribution in [3.05, 3.63) is 84.1 Å². The average Bonchev–Trinajstić information content (AvgIpc) is 3.05. The lowest BCUT2D eigenvalue weighted by Gasteiger charge is -2.06. The Bertz CT molecular complexity index is 1180. The first-order valence-corrected chi connectivity index (χ1v) is 8.89. The second-order valence-corrected chi connectivity index (χ2v) is 6.70. The van der Waals surface area contributed by atoms with Crippen molar-refractivity contribution in [3.63, 3.8) is 0 Å². The number of Topliss-reactive ketones (excluding diaryl/α,β-unsaturated/α-hetero) is 1. The number of nitrogens with zero attached hydrogens (tertiary/aromatic N) is 1. The summed E-state index contributed by atoms with van der Waals surface area (Å²) in [5, 5.41) is 29.9. The Hall–Kier alpha value is -3.57. The van der Waals surface area contributed by atoms with E-state index < -0.39 is 0 Å². The number of aliphatic hydroxyl groups is 1. The molecule has 0 aliphatic rings. The van der Waals surface area contributed by atoms with Gasteiger partial charge >= 0.3 is 0 Å². The molecule has 28 heavy (non-hydrogen) atoms. The van der Waals surface area contributed by atoms with Gasteiger partial charge in [0.25, 0.3) is 0 Å². The van der Waals surface area contributed by atoms with Crippen LogP contribution in [0.15, 0.2) is 72.9 Å². The fraction of sp³-hybridized carbons (Fsp3) is 0.0870. The summed E-state index contributed by atoms with van der Waals surface area (Å²) in [6.07, 6.45) is 1.88. The number of hydrogen-bond donors (Lipinski definition) is 3. The molecule has 0 bridgehead atoms. The first-order chi connectivity index (χ1) is 13.5. The fourth-order valence-corrected chi connectivity index (χ4v) is 3.40. The van der Waals surface area contributed by atoms with E-state index >= 15 is 0 Å². The number of hydrogen-bond acceptors (Lipinski definition) is 4. The molecule has 0 saturated heterocycles. The molecule has 0 spiro atoms. The molecule has 0 unspecified atom stereocenters. The zero-order valence-electron chi connectivity index (χ0n) is 15.0. The van der Waals surface area contributed by atoms with Crippen LogP contribution in [0, 0.1) is 0 Å². The van der Waals surface area contributed by atoms with Crippen molar-refractivity contribution in [2.45, 2.75) is 13.2 Å². The third kappa shape index (κ3) is 3.35. The normalized spacial score (nSPS) is 11.0. The van der Waals surface area contributed by atoms with E-state index in [2.05, 4.69) is 0 Å². The Morgan fingerprint density at radius 1 is 0.893 bits per heavy atom. The topological polar surface area (TPSA) is 82.7 Å². The van der Waals surface area contributed by atoms with Crippen molar-refractivity contribution in [2.75, 3.05) is 0 Å². The summed E-state index contributed by atoms with van der Waals surface area (Å²) < 4.78 is 1.83. The van der Waals surface area contributed by atoms with Gasteiger partial charge in [0.15, 0.2) is 5.78 Å². The highest BCUT2D eigenvalue weighted by atomic mass is 16.3. The third-order valence-electron chi connectivity index (χ3n) is 4.77. The number of fused-ring (bicyclic) bond motifs is 1. The zero-order chi connectivity index (χ0) is 19.7. The van der Waals surface area contributed by atoms with Crippen LogP contribution < -0.4 is 0 Å². The Morgan fingerprint density at radius 2 is 1.64 bits per heavy atom. The molecule has 0 aliphatic heterocycles. The molecule has 5 nitrogen and oxygen atoms in total. The highest BCUT2D eigenvalue weighted by Gasteiger charge is 2.15. The number of carbonyl (C=O) groups excluding carboxylic acids is 1. The summed E-state index contributed by atoms with van der Waals surface area (Å²) in [4.78, 5) is 12.7. The quantitative estimate of drug-likeness (QED) is 0.460. The number of phenols is 2. The van der Waals surface area contributed by atoms with Gasteiger partial charge < -0.3 is 19.9 Å². The van der Waals surface area contributed by atoms with Gasteiger partial charge in [0.1, 0.15) is 11.5 Å². The first kappa shape index (κ1) is 17.8. The van der Waals surface area contributed by atoms with Crippen molar-refractivity contribution in [1.82, 2.24) is 4.57 Å². The Balaban J connectivity index is 1.82. The van der Waals surface area contributed by atoms with Crippen molar-refractivity contribution in [1.29, 1.82) is 0 Å². The molecule has 0 amide bonds. The molecule has 0 radical (unpaired) electrons. The van der Waals surface area contributed by atoms with Gasteiger partial charge in [0.05, 0.1) is 13.2 Å². The van der Waals surface area contributed by atoms with Crippen LogP contribution in [0.1, 0.15) is 15.9 Å². The highest BCUT2D eigenvalue weighted by molar-refractivity contribution is 6.00. The number of benzene rings is 3. The second kappa shape index (κ2) is 7.21. The van der Waals surface area contributed by atoms with E-state index in [1.807, 2.05) is 35.0 Å². The van der Waals surface area contributed by atoms with Crippen LogP contribution in [0.3, 0.4) is 0 Å². The van der Waals surface area contributed by atoms with Crippen LogP contribution in [-0.4, -0.2) is 25.7 Å². The van der Waals surface area contributed by atoms with E-state index in [1.54, 1.807) is 30.3 Å². The molecule has 0 saturated carbocycles. The van der Waals surface area contributed by atoms with Gasteiger partial charge in [-0.25, -0.2) is 0 Å². The Morgan fingerprint density at radius 3 is 2.36 bits per heavy atom. The number of aromatic hydroxyl groups is 2. The minimum absolute atomic E-state index is 0.0474. The standard InChI is InChI=1S/C23H19NO4/c25-14-15-7-8-20-21(16-3-1-5-18(26)10-16)12-24(22(20)9-15)13-23(28)17-4-2-6-19(27)11-17/h1-12,25-27H,13-14H2. The molecule has 0 fully saturated rings. The fourth-order valence-electron chi connectivity index (χ4n) is 3.40. The number of aliphatic hydroxyl groups excluding tert-OH is 1. The molecular formula is C23H19NO4. The molecule has 5 heteroatoms. The Kier molecular flexibility index (Phi) is 4.59. The SMILES string of the molecule is O=C(Cn1cc(-c2cccc(O)c2)c2ccc(CO)cc21)c1cccc(O)c1. The second-order valence-electron chi connectivity index (χ2n) is 6.70. The van der Waals surface area contributed by atoms with Crippen molar-refractivity contribution < 1.29 is 20.1 Å². The molecule has 4 rings (SSSR count). The molecular weight excluding hydrogens is 354 g/mol. The molecule has 0 aliphatic carbocycles. The van der Waals surface area contributed by atoms with Crippen LogP contribution in [0.5, 0.6) is 11.5 Å². The van der Waals surface area contributed by atoms with Gasteiger partial charge in [-0.1, -0.05) is 36.4 Å². The van der Waals surface area contributed by atoms with Crippen molar-refractivity contribution >= 4 is 16.7 Å². The summed E-state index contributed by atoms with van der Waals surface area (Å²) in [6, 6.07) is 18.8. The summed E-state index contributed by atoms with van der Waals surface area (Å²) >= 11 is 0. The highest BCUT2D eigenvalue weighted by Crippen LogP contribution is 2.33. The van der Waals surface area contributed by atoms with Gasteiger partial charge in [-0.2, -0.15) is 0 Å². The lowest BCUT2D eigenvalue weighted by atomic mass is 10.0. The molecule has 3 aromatic carbocycles. The Labute approximate surface area is 161 Å². The van der Waals surface area contributed by atoms with Crippen molar-refractivity contribution in [3.8, 4) is 22.6 Å². The summed E-state index contributed by atoms with van der Waals surface area (Å²) in [5.74, 6) is 0.0807. The molecule has 1 heterocycles.